The van der Waals surface area contributed by atoms with Crippen LogP contribution in [0.3, 0.4) is 0 Å². The van der Waals surface area contributed by atoms with E-state index in [4.69, 9.17) is 10.2 Å². The minimum atomic E-state index is -0.681. The summed E-state index contributed by atoms with van der Waals surface area (Å²) in [6.07, 6.45) is 10.3. The number of hydrogen-bond donors (Lipinski definition) is 2. The average Bonchev–Trinajstić information content (AvgIpc) is 2.20. The van der Waals surface area contributed by atoms with Crippen molar-refractivity contribution >= 4 is 5.97 Å². The molecule has 0 amide bonds. The fourth-order valence-electron chi connectivity index (χ4n) is 1.63. The van der Waals surface area contributed by atoms with Crippen molar-refractivity contribution in [1.29, 1.82) is 0 Å². The van der Waals surface area contributed by atoms with Crippen molar-refractivity contribution in [3.63, 3.8) is 0 Å². The van der Waals surface area contributed by atoms with Crippen molar-refractivity contribution in [2.45, 2.75) is 64.2 Å². The van der Waals surface area contributed by atoms with Gasteiger partial charge in [-0.15, -0.1) is 0 Å². The van der Waals surface area contributed by atoms with Gasteiger partial charge in [0.05, 0.1) is 0 Å². The number of rotatable bonds is 11. The van der Waals surface area contributed by atoms with Gasteiger partial charge in [-0.3, -0.25) is 4.79 Å². The molecule has 0 spiro atoms. The summed E-state index contributed by atoms with van der Waals surface area (Å²) in [6, 6.07) is 0. The lowest BCUT2D eigenvalue weighted by atomic mass is 10.1. The molecule has 0 aromatic rings. The molecule has 0 aliphatic heterocycles. The minimum Gasteiger partial charge on any atom is -0.481 e. The molecule has 3 heteroatoms. The first-order valence-electron chi connectivity index (χ1n) is 6.10. The van der Waals surface area contributed by atoms with Crippen molar-refractivity contribution in [1.82, 2.24) is 0 Å². The molecular weight excluding hydrogens is 196 g/mol. The van der Waals surface area contributed by atoms with E-state index < -0.39 is 5.97 Å². The quantitative estimate of drug-likeness (QED) is 0.415. The molecule has 0 heterocycles. The van der Waals surface area contributed by atoms with Crippen molar-refractivity contribution in [2.24, 2.45) is 0 Å². The van der Waals surface area contributed by atoms with Crippen LogP contribution in [-0.4, -0.2) is 22.8 Å². The Morgan fingerprint density at radius 3 is 1.53 bits per heavy atom. The van der Waals surface area contributed by atoms with E-state index in [9.17, 15) is 4.79 Å². The Hall–Kier alpha value is -0.570. The molecule has 0 saturated heterocycles. The number of carbonyl (C=O) groups is 1. The van der Waals surface area contributed by atoms with Gasteiger partial charge in [0, 0.05) is 13.0 Å². The van der Waals surface area contributed by atoms with Gasteiger partial charge in [0.1, 0.15) is 0 Å². The predicted octanol–water partition coefficient (Wildman–Crippen LogP) is 2.96. The van der Waals surface area contributed by atoms with E-state index in [1.54, 1.807) is 0 Å². The second-order valence-electron chi connectivity index (χ2n) is 4.05. The molecule has 0 radical (unpaired) electrons. The molecule has 0 atom stereocenters. The zero-order valence-corrected chi connectivity index (χ0v) is 9.58. The average molecular weight is 220 g/mol. The van der Waals surface area contributed by atoms with Gasteiger partial charge in [0.25, 0.3) is 0 Å². The van der Waals surface area contributed by atoms with Gasteiger partial charge >= 0.3 is 5.97 Å². The maximum absolute atomic E-state index is 10.2. The third-order valence-electron chi connectivity index (χ3n) is 2.55. The van der Waals surface area contributed by atoms with Gasteiger partial charge in [0.2, 0.25) is 0 Å². The minimum absolute atomic E-state index is 0.315. The van der Waals surface area contributed by atoms with Crippen molar-refractivity contribution < 1.29 is 15.0 Å². The zero-order valence-electron chi connectivity index (χ0n) is 9.58. The van der Waals surface area contributed by atoms with Gasteiger partial charge in [0.15, 0.2) is 0 Å². The number of aliphatic hydroxyl groups is 1. The van der Waals surface area contributed by atoms with Gasteiger partial charge in [-0.05, 0) is 12.8 Å². The summed E-state index contributed by atoms with van der Waals surface area (Å²) in [5, 5.41) is 17.0. The largest absolute Gasteiger partial charge is 0.481 e. The first kappa shape index (κ1) is 14.4. The van der Waals surface area contributed by atoms with E-state index in [2.05, 4.69) is 0 Å². The standard InChI is InChI=1S/C12H24O3/c13-11-9-7-5-3-1-2-4-6-8-10-12(14)15/h13H,1-11H2,(H,14,15)/i9+1,10+1,11+1,12+1. The highest BCUT2D eigenvalue weighted by molar-refractivity contribution is 5.66. The molecule has 0 aromatic heterocycles. The van der Waals surface area contributed by atoms with Crippen LogP contribution in [0.4, 0.5) is 0 Å². The molecule has 0 fully saturated rings. The molecule has 0 rings (SSSR count). The molecule has 0 aliphatic carbocycles. The SMILES string of the molecule is O=[13C](O)[13CH2]CCCCCCCC[13CH2][13CH2]O. The Labute approximate surface area is 92.5 Å². The maximum Gasteiger partial charge on any atom is 0.303 e. The van der Waals surface area contributed by atoms with Crippen molar-refractivity contribution in [3.05, 3.63) is 0 Å². The summed E-state index contributed by atoms with van der Waals surface area (Å²) in [7, 11) is 0. The molecule has 0 saturated carbocycles. The Bertz CT molecular complexity index is 146. The topological polar surface area (TPSA) is 57.5 Å². The number of aliphatic carboxylic acids is 1. The molecule has 0 aromatic carbocycles. The van der Waals surface area contributed by atoms with Crippen LogP contribution in [-0.2, 0) is 4.79 Å². The van der Waals surface area contributed by atoms with Crippen LogP contribution in [0.1, 0.15) is 64.2 Å². The summed E-state index contributed by atoms with van der Waals surface area (Å²) >= 11 is 0. The molecule has 0 unspecified atom stereocenters. The van der Waals surface area contributed by atoms with Crippen LogP contribution in [0.15, 0.2) is 0 Å². The molecule has 15 heavy (non-hydrogen) atoms. The summed E-state index contributed by atoms with van der Waals surface area (Å²) in [4.78, 5) is 10.2. The molecule has 0 bridgehead atoms. The van der Waals surface area contributed by atoms with Crippen LogP contribution in [0.25, 0.3) is 0 Å². The third kappa shape index (κ3) is 13.4. The number of aliphatic hydroxyl groups excluding tert-OH is 1. The lowest BCUT2D eigenvalue weighted by Gasteiger charge is -2.00. The van der Waals surface area contributed by atoms with Crippen molar-refractivity contribution in [2.75, 3.05) is 6.61 Å². The Morgan fingerprint density at radius 2 is 1.13 bits per heavy atom. The van der Waals surface area contributed by atoms with Crippen LogP contribution >= 0.6 is 0 Å². The fraction of sp³-hybridized carbons (Fsp3) is 0.917. The molecule has 0 aliphatic rings. The van der Waals surface area contributed by atoms with Gasteiger partial charge < -0.3 is 10.2 Å². The lowest BCUT2D eigenvalue weighted by molar-refractivity contribution is -0.137. The maximum atomic E-state index is 10.2. The van der Waals surface area contributed by atoms with E-state index in [-0.39, 0.29) is 0 Å². The molecular formula is C12H24O3. The Morgan fingerprint density at radius 1 is 0.733 bits per heavy atom. The lowest BCUT2D eigenvalue weighted by Crippen LogP contribution is -1.93. The highest BCUT2D eigenvalue weighted by Crippen LogP contribution is 2.10. The Kier molecular flexibility index (Phi) is 11.1. The monoisotopic (exact) mass is 220 g/mol. The van der Waals surface area contributed by atoms with E-state index in [0.29, 0.717) is 13.0 Å². The van der Waals surface area contributed by atoms with Crippen LogP contribution < -0.4 is 0 Å². The fourth-order valence-corrected chi connectivity index (χ4v) is 1.63. The summed E-state index contributed by atoms with van der Waals surface area (Å²) in [5.41, 5.74) is 0. The highest BCUT2D eigenvalue weighted by Gasteiger charge is 1.96. The number of carboxylic acids is 1. The molecule has 3 nitrogen and oxygen atoms in total. The summed E-state index contributed by atoms with van der Waals surface area (Å²) in [5.74, 6) is -0.681. The summed E-state index contributed by atoms with van der Waals surface area (Å²) in [6.45, 7) is 0.315. The third-order valence-corrected chi connectivity index (χ3v) is 2.55. The van der Waals surface area contributed by atoms with E-state index in [0.717, 1.165) is 32.1 Å². The van der Waals surface area contributed by atoms with Crippen LogP contribution in [0, 0.1) is 0 Å². The first-order valence-corrected chi connectivity index (χ1v) is 6.10. The smallest absolute Gasteiger partial charge is 0.303 e. The van der Waals surface area contributed by atoms with Crippen LogP contribution in [0.5, 0.6) is 0 Å². The first-order chi connectivity index (χ1) is 7.27. The van der Waals surface area contributed by atoms with Gasteiger partial charge in [-0.2, -0.15) is 0 Å². The Balaban J connectivity index is 2.89. The predicted molar refractivity (Wildman–Crippen MR) is 60.9 cm³/mol. The van der Waals surface area contributed by atoms with Gasteiger partial charge in [-0.1, -0.05) is 44.9 Å². The number of carboxylic acid groups (broad SMARTS) is 1. The molecule has 90 valence electrons. The van der Waals surface area contributed by atoms with Crippen molar-refractivity contribution in [3.8, 4) is 0 Å². The number of hydrogen-bond acceptors (Lipinski definition) is 2. The molecule has 2 N–H and O–H groups in total. The summed E-state index contributed by atoms with van der Waals surface area (Å²) < 4.78 is 0. The van der Waals surface area contributed by atoms with Gasteiger partial charge in [-0.25, -0.2) is 0 Å². The van der Waals surface area contributed by atoms with E-state index in [1.807, 2.05) is 0 Å². The zero-order chi connectivity index (χ0) is 11.4. The highest BCUT2D eigenvalue weighted by atomic mass is 16.5. The second kappa shape index (κ2) is 11.5. The van der Waals surface area contributed by atoms with E-state index >= 15 is 0 Å². The van der Waals surface area contributed by atoms with E-state index in [1.165, 1.54) is 25.7 Å². The van der Waals surface area contributed by atoms with Crippen LogP contribution in [0.2, 0.25) is 0 Å². The normalized spacial score (nSPS) is 10.5. The number of unbranched alkanes of at least 4 members (excludes halogenated alkanes) is 8. The second-order valence-corrected chi connectivity index (χ2v) is 4.05.